The third-order valence-corrected chi connectivity index (χ3v) is 4.78. The van der Waals surface area contributed by atoms with E-state index in [1.165, 1.54) is 5.56 Å². The molecular weight excluding hydrogens is 252 g/mol. The predicted molar refractivity (Wildman–Crippen MR) is 75.8 cm³/mol. The number of anilines is 1. The van der Waals surface area contributed by atoms with Gasteiger partial charge in [-0.2, -0.15) is 23.5 Å². The fourth-order valence-corrected chi connectivity index (χ4v) is 3.61. The van der Waals surface area contributed by atoms with Crippen LogP contribution >= 0.6 is 23.5 Å². The van der Waals surface area contributed by atoms with E-state index in [9.17, 15) is 0 Å². The monoisotopic (exact) mass is 270 g/mol. The van der Waals surface area contributed by atoms with Crippen molar-refractivity contribution in [3.8, 4) is 0 Å². The second kappa shape index (κ2) is 5.93. The van der Waals surface area contributed by atoms with Crippen molar-refractivity contribution < 1.29 is 0 Å². The molecule has 6 heteroatoms. The van der Waals surface area contributed by atoms with Crippen LogP contribution in [0.3, 0.4) is 0 Å². The number of hydrazine groups is 1. The quantitative estimate of drug-likeness (QED) is 0.633. The Hall–Kier alpha value is -0.460. The summed E-state index contributed by atoms with van der Waals surface area (Å²) in [7, 11) is 0. The highest BCUT2D eigenvalue weighted by molar-refractivity contribution is 7.98. The van der Waals surface area contributed by atoms with Crippen LogP contribution in [0.2, 0.25) is 0 Å². The maximum atomic E-state index is 5.51. The Balaban J connectivity index is 2.08. The Morgan fingerprint density at radius 3 is 2.94 bits per heavy atom. The minimum atomic E-state index is 0.706. The summed E-state index contributed by atoms with van der Waals surface area (Å²) in [5.74, 6) is 11.9. The molecule has 2 rings (SSSR count). The molecule has 1 aliphatic heterocycles. The fraction of sp³-hybridized carbons (Fsp3) is 0.636. The second-order valence-corrected chi connectivity index (χ2v) is 6.48. The van der Waals surface area contributed by atoms with Gasteiger partial charge in [0.25, 0.3) is 0 Å². The molecule has 0 fully saturated rings. The normalized spacial score (nSPS) is 14.1. The number of nitrogens with one attached hydrogen (secondary N) is 1. The molecular formula is C11H18N4S2. The van der Waals surface area contributed by atoms with Crippen LogP contribution in [0.1, 0.15) is 30.9 Å². The zero-order chi connectivity index (χ0) is 12.3. The van der Waals surface area contributed by atoms with Gasteiger partial charge in [0.1, 0.15) is 11.6 Å². The summed E-state index contributed by atoms with van der Waals surface area (Å²) in [6.45, 7) is 4.44. The van der Waals surface area contributed by atoms with E-state index in [1.807, 2.05) is 23.5 Å². The molecule has 0 atom stereocenters. The Labute approximate surface area is 111 Å². The lowest BCUT2D eigenvalue weighted by atomic mass is 10.2. The van der Waals surface area contributed by atoms with Crippen molar-refractivity contribution in [2.45, 2.75) is 31.1 Å². The van der Waals surface area contributed by atoms with E-state index >= 15 is 0 Å². The molecule has 4 nitrogen and oxygen atoms in total. The van der Waals surface area contributed by atoms with Crippen molar-refractivity contribution >= 4 is 29.3 Å². The van der Waals surface area contributed by atoms with E-state index in [0.29, 0.717) is 5.92 Å². The van der Waals surface area contributed by atoms with Crippen LogP contribution in [-0.4, -0.2) is 15.7 Å². The lowest BCUT2D eigenvalue weighted by molar-refractivity contribution is 0.749. The van der Waals surface area contributed by atoms with Crippen LogP contribution in [-0.2, 0) is 17.3 Å². The molecule has 0 amide bonds. The highest BCUT2D eigenvalue weighted by Gasteiger charge is 2.19. The summed E-state index contributed by atoms with van der Waals surface area (Å²) in [4.78, 5) is 9.09. The maximum Gasteiger partial charge on any atom is 0.148 e. The molecule has 3 N–H and O–H groups in total. The van der Waals surface area contributed by atoms with Crippen LogP contribution in [0.15, 0.2) is 0 Å². The van der Waals surface area contributed by atoms with Crippen LogP contribution in [0.4, 0.5) is 5.82 Å². The summed E-state index contributed by atoms with van der Waals surface area (Å²) >= 11 is 3.74. The van der Waals surface area contributed by atoms with Crippen molar-refractivity contribution in [1.82, 2.24) is 9.97 Å². The molecule has 1 aromatic heterocycles. The SMILES string of the molecule is CC(C)CSCc1nc2c(c(NN)n1)CSC2. The van der Waals surface area contributed by atoms with Gasteiger partial charge in [0.15, 0.2) is 0 Å². The molecule has 0 spiro atoms. The molecule has 1 aliphatic rings. The van der Waals surface area contributed by atoms with Crippen LogP contribution in [0, 0.1) is 5.92 Å². The first-order valence-corrected chi connectivity index (χ1v) is 8.02. The van der Waals surface area contributed by atoms with Gasteiger partial charge in [-0.25, -0.2) is 15.8 Å². The molecule has 17 heavy (non-hydrogen) atoms. The van der Waals surface area contributed by atoms with E-state index < -0.39 is 0 Å². The topological polar surface area (TPSA) is 63.8 Å². The zero-order valence-electron chi connectivity index (χ0n) is 10.2. The molecule has 0 saturated heterocycles. The summed E-state index contributed by atoms with van der Waals surface area (Å²) in [5, 5.41) is 0. The smallest absolute Gasteiger partial charge is 0.148 e. The van der Waals surface area contributed by atoms with Gasteiger partial charge in [-0.05, 0) is 11.7 Å². The van der Waals surface area contributed by atoms with Gasteiger partial charge in [0.2, 0.25) is 0 Å². The number of rotatable bonds is 5. The fourth-order valence-electron chi connectivity index (χ4n) is 1.67. The number of fused-ring (bicyclic) bond motifs is 1. The maximum absolute atomic E-state index is 5.51. The number of nitrogens with two attached hydrogens (primary N) is 1. The zero-order valence-corrected chi connectivity index (χ0v) is 11.8. The number of nitrogens with zero attached hydrogens (tertiary/aromatic N) is 2. The van der Waals surface area contributed by atoms with Crippen molar-refractivity contribution in [3.63, 3.8) is 0 Å². The first-order chi connectivity index (χ1) is 8.20. The van der Waals surface area contributed by atoms with Gasteiger partial charge in [-0.1, -0.05) is 13.8 Å². The lowest BCUT2D eigenvalue weighted by Crippen LogP contribution is -2.13. The van der Waals surface area contributed by atoms with Crippen LogP contribution < -0.4 is 11.3 Å². The molecule has 0 bridgehead atoms. The second-order valence-electron chi connectivity index (χ2n) is 4.46. The molecule has 94 valence electrons. The molecule has 0 saturated carbocycles. The van der Waals surface area contributed by atoms with Gasteiger partial charge in [0, 0.05) is 17.1 Å². The summed E-state index contributed by atoms with van der Waals surface area (Å²) in [6, 6.07) is 0. The van der Waals surface area contributed by atoms with Gasteiger partial charge in [0.05, 0.1) is 11.4 Å². The summed E-state index contributed by atoms with van der Waals surface area (Å²) in [5.41, 5.74) is 5.02. The van der Waals surface area contributed by atoms with E-state index in [2.05, 4.69) is 29.2 Å². The molecule has 0 aromatic carbocycles. The Kier molecular flexibility index (Phi) is 4.53. The standard InChI is InChI=1S/C11H18N4S2/c1-7(2)3-16-6-10-13-9-5-17-4-8(9)11(14-10)15-12/h7H,3-6,12H2,1-2H3,(H,13,14,15). The highest BCUT2D eigenvalue weighted by atomic mass is 32.2. The Morgan fingerprint density at radius 1 is 1.41 bits per heavy atom. The Morgan fingerprint density at radius 2 is 2.24 bits per heavy atom. The third-order valence-electron chi connectivity index (χ3n) is 2.44. The van der Waals surface area contributed by atoms with Crippen molar-refractivity contribution in [2.24, 2.45) is 11.8 Å². The average molecular weight is 270 g/mol. The van der Waals surface area contributed by atoms with Gasteiger partial charge in [-0.15, -0.1) is 0 Å². The predicted octanol–water partition coefficient (Wildman–Crippen LogP) is 2.40. The third kappa shape index (κ3) is 3.26. The van der Waals surface area contributed by atoms with Crippen LogP contribution in [0.25, 0.3) is 0 Å². The number of hydrogen-bond donors (Lipinski definition) is 2. The number of aromatic nitrogens is 2. The first-order valence-electron chi connectivity index (χ1n) is 5.71. The summed E-state index contributed by atoms with van der Waals surface area (Å²) in [6.07, 6.45) is 0. The van der Waals surface area contributed by atoms with Gasteiger partial charge < -0.3 is 5.43 Å². The number of nitrogen functional groups attached to an aromatic ring is 1. The minimum Gasteiger partial charge on any atom is -0.308 e. The molecule has 1 aromatic rings. The highest BCUT2D eigenvalue weighted by Crippen LogP contribution is 2.32. The van der Waals surface area contributed by atoms with Crippen molar-refractivity contribution in [1.29, 1.82) is 0 Å². The van der Waals surface area contributed by atoms with Crippen LogP contribution in [0.5, 0.6) is 0 Å². The van der Waals surface area contributed by atoms with E-state index in [0.717, 1.165) is 40.3 Å². The van der Waals surface area contributed by atoms with Crippen molar-refractivity contribution in [3.05, 3.63) is 17.1 Å². The van der Waals surface area contributed by atoms with Crippen molar-refractivity contribution in [2.75, 3.05) is 11.2 Å². The van der Waals surface area contributed by atoms with Gasteiger partial charge in [-0.3, -0.25) is 0 Å². The lowest BCUT2D eigenvalue weighted by Gasteiger charge is -2.09. The molecule has 0 radical (unpaired) electrons. The number of hydrogen-bond acceptors (Lipinski definition) is 6. The summed E-state index contributed by atoms with van der Waals surface area (Å²) < 4.78 is 0. The first kappa shape index (κ1) is 13.0. The van der Waals surface area contributed by atoms with Gasteiger partial charge >= 0.3 is 0 Å². The Bertz CT molecular complexity index is 395. The average Bonchev–Trinajstić information content (AvgIpc) is 2.75. The number of thioether (sulfide) groups is 2. The molecule has 0 unspecified atom stereocenters. The van der Waals surface area contributed by atoms with E-state index in [-0.39, 0.29) is 0 Å². The van der Waals surface area contributed by atoms with E-state index in [1.54, 1.807) is 0 Å². The minimum absolute atomic E-state index is 0.706. The molecule has 0 aliphatic carbocycles. The molecule has 2 heterocycles. The van der Waals surface area contributed by atoms with E-state index in [4.69, 9.17) is 5.84 Å². The largest absolute Gasteiger partial charge is 0.308 e.